The summed E-state index contributed by atoms with van der Waals surface area (Å²) in [6.07, 6.45) is 0.975. The number of aryl methyl sites for hydroxylation is 1. The molecule has 6 heteroatoms. The molecule has 3 rings (SSSR count). The van der Waals surface area contributed by atoms with Gasteiger partial charge in [-0.15, -0.1) is 0 Å². The van der Waals surface area contributed by atoms with Gasteiger partial charge in [0.1, 0.15) is 0 Å². The number of esters is 1. The smallest absolute Gasteiger partial charge is 0.329 e. The number of nitrogens with zero attached hydrogens (tertiary/aromatic N) is 2. The topological polar surface area (TPSA) is 75.9 Å². The zero-order valence-corrected chi connectivity index (χ0v) is 15.7. The highest BCUT2D eigenvalue weighted by Crippen LogP contribution is 2.26. The Morgan fingerprint density at radius 3 is 2.04 bits per heavy atom. The fraction of sp³-hybridized carbons (Fsp3) is 0.333. The Balaban J connectivity index is 1.66. The van der Waals surface area contributed by atoms with Crippen LogP contribution in [0.3, 0.4) is 0 Å². The molecule has 1 saturated heterocycles. The Morgan fingerprint density at radius 2 is 1.56 bits per heavy atom. The maximum Gasteiger partial charge on any atom is 0.329 e. The van der Waals surface area contributed by atoms with E-state index in [0.29, 0.717) is 25.9 Å². The van der Waals surface area contributed by atoms with Crippen molar-refractivity contribution in [2.45, 2.75) is 25.8 Å². The van der Waals surface area contributed by atoms with Crippen molar-refractivity contribution in [1.82, 2.24) is 0 Å². The number of anilines is 2. The highest BCUT2D eigenvalue weighted by atomic mass is 16.5. The average molecular weight is 367 g/mol. The van der Waals surface area contributed by atoms with Crippen LogP contribution in [0.25, 0.3) is 0 Å². The molecule has 1 aliphatic heterocycles. The van der Waals surface area contributed by atoms with E-state index in [1.54, 1.807) is 9.80 Å². The highest BCUT2D eigenvalue weighted by molar-refractivity contribution is 6.06. The molecule has 0 bridgehead atoms. The number of methoxy groups -OCH3 is 1. The molecule has 2 aromatic rings. The van der Waals surface area contributed by atoms with Gasteiger partial charge in [-0.05, 0) is 48.7 Å². The van der Waals surface area contributed by atoms with E-state index in [4.69, 9.17) is 5.73 Å². The van der Waals surface area contributed by atoms with Crippen molar-refractivity contribution in [2.24, 2.45) is 5.73 Å². The fourth-order valence-corrected chi connectivity index (χ4v) is 3.16. The van der Waals surface area contributed by atoms with E-state index in [1.807, 2.05) is 55.5 Å². The van der Waals surface area contributed by atoms with E-state index in [9.17, 15) is 9.59 Å². The number of ether oxygens (including phenoxy) is 1. The van der Waals surface area contributed by atoms with E-state index in [1.165, 1.54) is 7.11 Å². The molecule has 1 fully saturated rings. The quantitative estimate of drug-likeness (QED) is 0.795. The van der Waals surface area contributed by atoms with Crippen LogP contribution in [0.4, 0.5) is 16.2 Å². The number of rotatable bonds is 6. The van der Waals surface area contributed by atoms with Crippen LogP contribution >= 0.6 is 0 Å². The molecule has 1 atom stereocenters. The van der Waals surface area contributed by atoms with Crippen molar-refractivity contribution >= 4 is 23.4 Å². The lowest BCUT2D eigenvalue weighted by Gasteiger charge is -2.19. The van der Waals surface area contributed by atoms with Gasteiger partial charge >= 0.3 is 12.0 Å². The normalized spacial score (nSPS) is 15.1. The molecule has 0 aliphatic carbocycles. The van der Waals surface area contributed by atoms with E-state index in [-0.39, 0.29) is 18.0 Å². The van der Waals surface area contributed by atoms with Crippen LogP contribution < -0.4 is 15.5 Å². The number of amides is 2. The molecular formula is C21H25N3O3. The Morgan fingerprint density at radius 1 is 1.04 bits per heavy atom. The molecule has 1 heterocycles. The lowest BCUT2D eigenvalue weighted by molar-refractivity contribution is -0.140. The summed E-state index contributed by atoms with van der Waals surface area (Å²) in [6.45, 7) is 3.21. The maximum absolute atomic E-state index is 12.8. The lowest BCUT2D eigenvalue weighted by Crippen LogP contribution is -2.31. The molecule has 0 radical (unpaired) electrons. The second-order valence-corrected chi connectivity index (χ2v) is 6.71. The van der Waals surface area contributed by atoms with Gasteiger partial charge in [0.05, 0.1) is 7.11 Å². The highest BCUT2D eigenvalue weighted by Gasteiger charge is 2.30. The molecule has 0 aromatic heterocycles. The van der Waals surface area contributed by atoms with Crippen LogP contribution in [0.15, 0.2) is 48.5 Å². The largest absolute Gasteiger partial charge is 0.469 e. The summed E-state index contributed by atoms with van der Waals surface area (Å²) < 4.78 is 4.66. The first-order chi connectivity index (χ1) is 13.0. The minimum Gasteiger partial charge on any atom is -0.469 e. The van der Waals surface area contributed by atoms with Crippen LogP contribution in [0.1, 0.15) is 30.5 Å². The summed E-state index contributed by atoms with van der Waals surface area (Å²) in [5, 5.41) is 0. The number of carbonyl (C=O) groups is 2. The zero-order chi connectivity index (χ0) is 19.4. The molecule has 0 spiro atoms. The first-order valence-corrected chi connectivity index (χ1v) is 9.10. The predicted octanol–water partition coefficient (Wildman–Crippen LogP) is 3.26. The summed E-state index contributed by atoms with van der Waals surface area (Å²) in [5.41, 5.74) is 9.71. The molecule has 2 aromatic carbocycles. The number of nitrogens with two attached hydrogens (primary N) is 1. The van der Waals surface area contributed by atoms with Crippen LogP contribution in [0, 0.1) is 0 Å². The second kappa shape index (κ2) is 8.22. The Bertz CT molecular complexity index is 800. The van der Waals surface area contributed by atoms with Gasteiger partial charge in [0.15, 0.2) is 0 Å². The molecule has 142 valence electrons. The predicted molar refractivity (Wildman–Crippen MR) is 106 cm³/mol. The number of hydrogen-bond donors (Lipinski definition) is 1. The molecule has 2 N–H and O–H groups in total. The van der Waals surface area contributed by atoms with Crippen molar-refractivity contribution < 1.29 is 14.3 Å². The van der Waals surface area contributed by atoms with Gasteiger partial charge in [0.2, 0.25) is 0 Å². The first kappa shape index (κ1) is 18.9. The summed E-state index contributed by atoms with van der Waals surface area (Å²) in [5.74, 6) is -0.223. The molecule has 6 nitrogen and oxygen atoms in total. The van der Waals surface area contributed by atoms with E-state index in [2.05, 4.69) is 4.74 Å². The monoisotopic (exact) mass is 367 g/mol. The SMILES string of the molecule is COC(=O)CCc1ccc(N2CCN(c3ccc(C(C)N)cc3)C2=O)cc1. The van der Waals surface area contributed by atoms with Gasteiger partial charge in [0.25, 0.3) is 0 Å². The summed E-state index contributed by atoms with van der Waals surface area (Å²) in [4.78, 5) is 27.6. The van der Waals surface area contributed by atoms with Gasteiger partial charge in [0, 0.05) is 36.9 Å². The number of benzene rings is 2. The van der Waals surface area contributed by atoms with Crippen molar-refractivity contribution in [3.63, 3.8) is 0 Å². The second-order valence-electron chi connectivity index (χ2n) is 6.71. The van der Waals surface area contributed by atoms with Crippen molar-refractivity contribution in [1.29, 1.82) is 0 Å². The van der Waals surface area contributed by atoms with Gasteiger partial charge in [-0.1, -0.05) is 24.3 Å². The van der Waals surface area contributed by atoms with Crippen molar-refractivity contribution in [3.05, 3.63) is 59.7 Å². The summed E-state index contributed by atoms with van der Waals surface area (Å²) in [6, 6.07) is 15.5. The van der Waals surface area contributed by atoms with Gasteiger partial charge < -0.3 is 10.5 Å². The number of hydrogen-bond acceptors (Lipinski definition) is 4. The molecule has 0 saturated carbocycles. The molecule has 2 amide bonds. The van der Waals surface area contributed by atoms with Crippen LogP contribution in [0.5, 0.6) is 0 Å². The summed E-state index contributed by atoms with van der Waals surface area (Å²) >= 11 is 0. The fourth-order valence-electron chi connectivity index (χ4n) is 3.16. The average Bonchev–Trinajstić information content (AvgIpc) is 3.08. The number of urea groups is 1. The van der Waals surface area contributed by atoms with Crippen molar-refractivity contribution in [3.8, 4) is 0 Å². The maximum atomic E-state index is 12.8. The Kier molecular flexibility index (Phi) is 5.76. The number of carbonyl (C=O) groups excluding carboxylic acids is 2. The Labute approximate surface area is 159 Å². The van der Waals surface area contributed by atoms with Crippen LogP contribution in [-0.2, 0) is 16.0 Å². The lowest BCUT2D eigenvalue weighted by atomic mass is 10.1. The zero-order valence-electron chi connectivity index (χ0n) is 15.7. The van der Waals surface area contributed by atoms with E-state index < -0.39 is 0 Å². The van der Waals surface area contributed by atoms with Gasteiger partial charge in [-0.25, -0.2) is 4.79 Å². The molecule has 1 aliphatic rings. The molecule has 27 heavy (non-hydrogen) atoms. The van der Waals surface area contributed by atoms with Crippen LogP contribution in [0.2, 0.25) is 0 Å². The minimum absolute atomic E-state index is 0.0254. The standard InChI is InChI=1S/C21H25N3O3/c1-15(22)17-6-10-19(11-7-17)24-14-13-23(21(24)26)18-8-3-16(4-9-18)5-12-20(25)27-2/h3-4,6-11,15H,5,12-14,22H2,1-2H3. The first-order valence-electron chi connectivity index (χ1n) is 9.10. The third-order valence-electron chi connectivity index (χ3n) is 4.83. The van der Waals surface area contributed by atoms with Crippen molar-refractivity contribution in [2.75, 3.05) is 30.0 Å². The van der Waals surface area contributed by atoms with E-state index in [0.717, 1.165) is 22.5 Å². The van der Waals surface area contributed by atoms with Gasteiger partial charge in [-0.3, -0.25) is 14.6 Å². The molecular weight excluding hydrogens is 342 g/mol. The third kappa shape index (κ3) is 4.28. The van der Waals surface area contributed by atoms with Gasteiger partial charge in [-0.2, -0.15) is 0 Å². The summed E-state index contributed by atoms with van der Waals surface area (Å²) in [7, 11) is 1.39. The van der Waals surface area contributed by atoms with Crippen LogP contribution in [-0.4, -0.2) is 32.2 Å². The molecule has 1 unspecified atom stereocenters. The Hall–Kier alpha value is -2.86. The third-order valence-corrected chi connectivity index (χ3v) is 4.83. The van der Waals surface area contributed by atoms with E-state index >= 15 is 0 Å². The minimum atomic E-state index is -0.223.